The van der Waals surface area contributed by atoms with Gasteiger partial charge in [-0.05, 0) is 32.0 Å². The zero-order valence-corrected chi connectivity index (χ0v) is 12.3. The molecule has 0 aliphatic carbocycles. The molecule has 0 unspecified atom stereocenters. The fraction of sp³-hybridized carbons (Fsp3) is 0.429. The van der Waals surface area contributed by atoms with Crippen molar-refractivity contribution in [2.24, 2.45) is 0 Å². The molecule has 1 aliphatic heterocycles. The Balaban J connectivity index is 1.76. The summed E-state index contributed by atoms with van der Waals surface area (Å²) in [6.45, 7) is 5.24. The van der Waals surface area contributed by atoms with Crippen LogP contribution in [0.4, 0.5) is 5.69 Å². The van der Waals surface area contributed by atoms with E-state index in [1.54, 1.807) is 11.3 Å². The van der Waals surface area contributed by atoms with E-state index < -0.39 is 0 Å². The molecule has 0 saturated carbocycles. The lowest BCUT2D eigenvalue weighted by Crippen LogP contribution is -2.53. The highest BCUT2D eigenvalue weighted by atomic mass is 32.1. The third-order valence-corrected chi connectivity index (χ3v) is 4.30. The first-order chi connectivity index (χ1) is 9.63. The van der Waals surface area contributed by atoms with Crippen molar-refractivity contribution in [1.29, 1.82) is 0 Å². The third-order valence-electron chi connectivity index (χ3n) is 3.36. The number of benzene rings is 1. The van der Waals surface area contributed by atoms with E-state index in [1.807, 2.05) is 32.0 Å². The number of nitrogens with one attached hydrogen (secondary N) is 2. The van der Waals surface area contributed by atoms with E-state index in [1.165, 1.54) is 0 Å². The van der Waals surface area contributed by atoms with Crippen molar-refractivity contribution in [2.75, 3.05) is 18.5 Å². The van der Waals surface area contributed by atoms with Crippen LogP contribution in [0.3, 0.4) is 0 Å². The molecule has 2 atom stereocenters. The Kier molecular flexibility index (Phi) is 3.69. The number of thiazole rings is 1. The normalized spacial score (nSPS) is 22.9. The molecule has 0 spiro atoms. The predicted octanol–water partition coefficient (Wildman–Crippen LogP) is 1.92. The Morgan fingerprint density at radius 1 is 1.55 bits per heavy atom. The lowest BCUT2D eigenvalue weighted by Gasteiger charge is -2.29. The van der Waals surface area contributed by atoms with E-state index in [-0.39, 0.29) is 18.1 Å². The van der Waals surface area contributed by atoms with Crippen LogP contribution in [0.25, 0.3) is 10.2 Å². The van der Waals surface area contributed by atoms with Gasteiger partial charge in [-0.25, -0.2) is 4.98 Å². The maximum atomic E-state index is 12.3. The van der Waals surface area contributed by atoms with Gasteiger partial charge in [0, 0.05) is 12.2 Å². The van der Waals surface area contributed by atoms with Gasteiger partial charge in [0.05, 0.1) is 27.9 Å². The van der Waals surface area contributed by atoms with Crippen LogP contribution in [0.1, 0.15) is 11.9 Å². The number of amides is 1. The quantitative estimate of drug-likeness (QED) is 0.887. The second-order valence-corrected chi connectivity index (χ2v) is 6.15. The van der Waals surface area contributed by atoms with Crippen molar-refractivity contribution in [3.63, 3.8) is 0 Å². The van der Waals surface area contributed by atoms with Crippen LogP contribution in [-0.2, 0) is 9.53 Å². The molecule has 20 heavy (non-hydrogen) atoms. The number of hydrogen-bond acceptors (Lipinski definition) is 5. The van der Waals surface area contributed by atoms with Gasteiger partial charge in [0.1, 0.15) is 6.04 Å². The van der Waals surface area contributed by atoms with Gasteiger partial charge >= 0.3 is 0 Å². The van der Waals surface area contributed by atoms with Crippen molar-refractivity contribution in [3.05, 3.63) is 23.2 Å². The summed E-state index contributed by atoms with van der Waals surface area (Å²) in [6.07, 6.45) is -0.113. The highest BCUT2D eigenvalue weighted by Crippen LogP contribution is 2.25. The Morgan fingerprint density at radius 3 is 3.20 bits per heavy atom. The summed E-state index contributed by atoms with van der Waals surface area (Å²) in [6, 6.07) is 5.48. The summed E-state index contributed by atoms with van der Waals surface area (Å²) in [5.74, 6) is -0.0576. The van der Waals surface area contributed by atoms with Crippen LogP contribution in [0, 0.1) is 6.92 Å². The Labute approximate surface area is 121 Å². The van der Waals surface area contributed by atoms with Crippen LogP contribution in [-0.4, -0.2) is 36.2 Å². The van der Waals surface area contributed by atoms with E-state index >= 15 is 0 Å². The molecule has 1 aromatic carbocycles. The second-order valence-electron chi connectivity index (χ2n) is 4.91. The molecule has 1 saturated heterocycles. The number of hydrogen-bond donors (Lipinski definition) is 2. The zero-order valence-electron chi connectivity index (χ0n) is 11.5. The van der Waals surface area contributed by atoms with Gasteiger partial charge < -0.3 is 15.4 Å². The highest BCUT2D eigenvalue weighted by molar-refractivity contribution is 7.18. The van der Waals surface area contributed by atoms with Crippen molar-refractivity contribution < 1.29 is 9.53 Å². The topological polar surface area (TPSA) is 63.2 Å². The van der Waals surface area contributed by atoms with Crippen LogP contribution < -0.4 is 10.6 Å². The molecule has 5 nitrogen and oxygen atoms in total. The van der Waals surface area contributed by atoms with Gasteiger partial charge in [0.2, 0.25) is 5.91 Å². The minimum atomic E-state index is -0.303. The van der Waals surface area contributed by atoms with Gasteiger partial charge in [-0.3, -0.25) is 4.79 Å². The predicted molar refractivity (Wildman–Crippen MR) is 80.2 cm³/mol. The van der Waals surface area contributed by atoms with Gasteiger partial charge in [0.25, 0.3) is 0 Å². The zero-order chi connectivity index (χ0) is 14.1. The molecule has 1 aliphatic rings. The summed E-state index contributed by atoms with van der Waals surface area (Å²) in [4.78, 5) is 16.7. The summed E-state index contributed by atoms with van der Waals surface area (Å²) in [5, 5.41) is 7.15. The molecular formula is C14H17N3O2S. The number of fused-ring (bicyclic) bond motifs is 1. The number of aromatic nitrogens is 1. The second kappa shape index (κ2) is 5.47. The van der Waals surface area contributed by atoms with E-state index in [0.29, 0.717) is 13.2 Å². The molecule has 0 bridgehead atoms. The van der Waals surface area contributed by atoms with Gasteiger partial charge in [0.15, 0.2) is 0 Å². The molecule has 1 fully saturated rings. The Hall–Kier alpha value is -1.50. The number of carbonyl (C=O) groups excluding carboxylic acids is 1. The number of ether oxygens (including phenoxy) is 1. The summed E-state index contributed by atoms with van der Waals surface area (Å²) < 4.78 is 6.58. The monoisotopic (exact) mass is 291 g/mol. The summed E-state index contributed by atoms with van der Waals surface area (Å²) >= 11 is 1.63. The molecule has 3 rings (SSSR count). The van der Waals surface area contributed by atoms with E-state index in [2.05, 4.69) is 15.6 Å². The average Bonchev–Trinajstić information content (AvgIpc) is 2.78. The summed E-state index contributed by atoms with van der Waals surface area (Å²) in [5.41, 5.74) is 1.77. The average molecular weight is 291 g/mol. The molecule has 2 aromatic rings. The molecular weight excluding hydrogens is 274 g/mol. The molecule has 106 valence electrons. The van der Waals surface area contributed by atoms with Crippen molar-refractivity contribution in [3.8, 4) is 0 Å². The number of rotatable bonds is 2. The van der Waals surface area contributed by atoms with Crippen LogP contribution >= 0.6 is 11.3 Å². The largest absolute Gasteiger partial charge is 0.375 e. The summed E-state index contributed by atoms with van der Waals surface area (Å²) in [7, 11) is 0. The smallest absolute Gasteiger partial charge is 0.244 e. The fourth-order valence-electron chi connectivity index (χ4n) is 2.36. The first-order valence-corrected chi connectivity index (χ1v) is 7.48. The van der Waals surface area contributed by atoms with Crippen molar-refractivity contribution >= 4 is 33.1 Å². The standard InChI is InChI=1S/C14H17N3O2S/c1-8-13(15-5-6-19-8)14(18)17-10-3-4-11-12(7-10)20-9(2)16-11/h3-4,7-8,13,15H,5-6H2,1-2H3,(H,17,18)/t8-,13+/m1/s1. The molecule has 1 amide bonds. The van der Waals surface area contributed by atoms with Crippen LogP contribution in [0.2, 0.25) is 0 Å². The van der Waals surface area contributed by atoms with Crippen molar-refractivity contribution in [2.45, 2.75) is 26.0 Å². The molecule has 6 heteroatoms. The number of carbonyl (C=O) groups is 1. The SMILES string of the molecule is Cc1nc2ccc(NC(=O)[C@H]3NCCO[C@@H]3C)cc2s1. The van der Waals surface area contributed by atoms with E-state index in [4.69, 9.17) is 4.74 Å². The van der Waals surface area contributed by atoms with Crippen LogP contribution in [0.5, 0.6) is 0 Å². The number of aryl methyl sites for hydroxylation is 1. The Morgan fingerprint density at radius 2 is 2.40 bits per heavy atom. The first-order valence-electron chi connectivity index (χ1n) is 6.66. The van der Waals surface area contributed by atoms with Gasteiger partial charge in [-0.2, -0.15) is 0 Å². The number of anilines is 1. The lowest BCUT2D eigenvalue weighted by molar-refractivity contribution is -0.123. The third kappa shape index (κ3) is 2.67. The van der Waals surface area contributed by atoms with Crippen LogP contribution in [0.15, 0.2) is 18.2 Å². The van der Waals surface area contributed by atoms with Gasteiger partial charge in [-0.15, -0.1) is 11.3 Å². The first kappa shape index (κ1) is 13.5. The maximum Gasteiger partial charge on any atom is 0.244 e. The van der Waals surface area contributed by atoms with Crippen molar-refractivity contribution in [1.82, 2.24) is 10.3 Å². The number of morpholine rings is 1. The minimum absolute atomic E-state index is 0.0576. The van der Waals surface area contributed by atoms with Gasteiger partial charge in [-0.1, -0.05) is 0 Å². The van der Waals surface area contributed by atoms with E-state index in [9.17, 15) is 4.79 Å². The fourth-order valence-corrected chi connectivity index (χ4v) is 3.23. The highest BCUT2D eigenvalue weighted by Gasteiger charge is 2.28. The molecule has 2 heterocycles. The number of nitrogens with zero attached hydrogens (tertiary/aromatic N) is 1. The molecule has 2 N–H and O–H groups in total. The molecule has 1 aromatic heterocycles. The lowest BCUT2D eigenvalue weighted by atomic mass is 10.1. The maximum absolute atomic E-state index is 12.3. The Bertz CT molecular complexity index is 640. The molecule has 0 radical (unpaired) electrons. The minimum Gasteiger partial charge on any atom is -0.375 e. The van der Waals surface area contributed by atoms with E-state index in [0.717, 1.165) is 20.9 Å².